The standard InChI is InChI=1S/C16H11F3N6O3S/c1-24-15(21-22-23-24)29-13-6-5-11(25(27)28)8-12(13)14(26)20-10-4-2-3-9(7-10)16(17,18)19/h2-8H,1H3,(H,20,26). The van der Waals surface area contributed by atoms with Crippen molar-refractivity contribution in [1.29, 1.82) is 0 Å². The van der Waals surface area contributed by atoms with Crippen molar-refractivity contribution in [3.05, 3.63) is 63.7 Å². The molecule has 2 aromatic carbocycles. The summed E-state index contributed by atoms with van der Waals surface area (Å²) in [5.41, 5.74) is -1.49. The van der Waals surface area contributed by atoms with Crippen LogP contribution in [0.1, 0.15) is 15.9 Å². The first kappa shape index (κ1) is 20.3. The maximum Gasteiger partial charge on any atom is 0.416 e. The summed E-state index contributed by atoms with van der Waals surface area (Å²) in [5, 5.41) is 24.6. The molecule has 0 fully saturated rings. The number of aromatic nitrogens is 4. The molecule has 0 saturated carbocycles. The molecule has 3 rings (SSSR count). The van der Waals surface area contributed by atoms with E-state index in [1.165, 1.54) is 22.9 Å². The summed E-state index contributed by atoms with van der Waals surface area (Å²) in [6, 6.07) is 7.65. The second-order valence-electron chi connectivity index (χ2n) is 5.66. The number of nitrogens with zero attached hydrogens (tertiary/aromatic N) is 5. The normalized spacial score (nSPS) is 11.3. The molecule has 1 amide bonds. The third kappa shape index (κ3) is 4.68. The van der Waals surface area contributed by atoms with Gasteiger partial charge >= 0.3 is 6.18 Å². The van der Waals surface area contributed by atoms with Crippen LogP contribution in [0.15, 0.2) is 52.5 Å². The van der Waals surface area contributed by atoms with Crippen molar-refractivity contribution in [3.63, 3.8) is 0 Å². The number of nitro benzene ring substituents is 1. The molecule has 0 atom stereocenters. The van der Waals surface area contributed by atoms with Crippen LogP contribution in [0.25, 0.3) is 0 Å². The van der Waals surface area contributed by atoms with E-state index in [1.54, 1.807) is 7.05 Å². The lowest BCUT2D eigenvalue weighted by Crippen LogP contribution is -2.14. The van der Waals surface area contributed by atoms with Gasteiger partial charge in [-0.2, -0.15) is 13.2 Å². The van der Waals surface area contributed by atoms with Crippen molar-refractivity contribution in [2.45, 2.75) is 16.2 Å². The van der Waals surface area contributed by atoms with Crippen LogP contribution in [0.3, 0.4) is 0 Å². The summed E-state index contributed by atoms with van der Waals surface area (Å²) in [5.74, 6) is -0.814. The number of carbonyl (C=O) groups excluding carboxylic acids is 1. The lowest BCUT2D eigenvalue weighted by atomic mass is 10.1. The zero-order chi connectivity index (χ0) is 21.2. The largest absolute Gasteiger partial charge is 0.416 e. The quantitative estimate of drug-likeness (QED) is 0.492. The molecular weight excluding hydrogens is 413 g/mol. The highest BCUT2D eigenvalue weighted by molar-refractivity contribution is 7.99. The van der Waals surface area contributed by atoms with Gasteiger partial charge in [0.2, 0.25) is 5.16 Å². The average Bonchev–Trinajstić information content (AvgIpc) is 3.06. The lowest BCUT2D eigenvalue weighted by molar-refractivity contribution is -0.384. The third-order valence-corrected chi connectivity index (χ3v) is 4.75. The van der Waals surface area contributed by atoms with E-state index in [0.717, 1.165) is 36.0 Å². The van der Waals surface area contributed by atoms with E-state index in [0.29, 0.717) is 5.16 Å². The molecule has 13 heteroatoms. The Morgan fingerprint density at radius 3 is 2.62 bits per heavy atom. The minimum absolute atomic E-state index is 0.104. The van der Waals surface area contributed by atoms with Gasteiger partial charge in [0.1, 0.15) is 0 Å². The number of carbonyl (C=O) groups is 1. The van der Waals surface area contributed by atoms with E-state index in [1.807, 2.05) is 0 Å². The first-order valence-corrected chi connectivity index (χ1v) is 8.64. The molecule has 0 aliphatic carbocycles. The zero-order valence-corrected chi connectivity index (χ0v) is 15.4. The molecule has 9 nitrogen and oxygen atoms in total. The Labute approximate surface area is 165 Å². The van der Waals surface area contributed by atoms with Crippen molar-refractivity contribution < 1.29 is 22.9 Å². The number of nitrogens with one attached hydrogen (secondary N) is 1. The first-order valence-electron chi connectivity index (χ1n) is 7.82. The van der Waals surface area contributed by atoms with Gasteiger partial charge < -0.3 is 5.32 Å². The molecule has 29 heavy (non-hydrogen) atoms. The number of hydrogen-bond acceptors (Lipinski definition) is 7. The van der Waals surface area contributed by atoms with Crippen LogP contribution >= 0.6 is 11.8 Å². The van der Waals surface area contributed by atoms with Gasteiger partial charge in [-0.1, -0.05) is 6.07 Å². The van der Waals surface area contributed by atoms with E-state index in [4.69, 9.17) is 0 Å². The summed E-state index contributed by atoms with van der Waals surface area (Å²) in [6.45, 7) is 0. The van der Waals surface area contributed by atoms with Crippen molar-refractivity contribution in [1.82, 2.24) is 20.2 Å². The fraction of sp³-hybridized carbons (Fsp3) is 0.125. The number of halogens is 3. The fourth-order valence-corrected chi connectivity index (χ4v) is 3.12. The van der Waals surface area contributed by atoms with Gasteiger partial charge in [0.15, 0.2) is 0 Å². The van der Waals surface area contributed by atoms with Crippen LogP contribution in [0.5, 0.6) is 0 Å². The van der Waals surface area contributed by atoms with E-state index >= 15 is 0 Å². The van der Waals surface area contributed by atoms with Crippen molar-refractivity contribution in [3.8, 4) is 0 Å². The Hall–Kier alpha value is -3.48. The van der Waals surface area contributed by atoms with Gasteiger partial charge in [-0.15, -0.1) is 5.10 Å². The maximum absolute atomic E-state index is 12.9. The topological polar surface area (TPSA) is 116 Å². The molecule has 1 N–H and O–H groups in total. The van der Waals surface area contributed by atoms with Gasteiger partial charge in [0, 0.05) is 29.8 Å². The number of amides is 1. The zero-order valence-electron chi connectivity index (χ0n) is 14.5. The Morgan fingerprint density at radius 1 is 1.24 bits per heavy atom. The molecule has 0 radical (unpaired) electrons. The van der Waals surface area contributed by atoms with Crippen LogP contribution in [-0.4, -0.2) is 31.0 Å². The monoisotopic (exact) mass is 424 g/mol. The summed E-state index contributed by atoms with van der Waals surface area (Å²) < 4.78 is 39.9. The molecule has 1 aromatic heterocycles. The summed E-state index contributed by atoms with van der Waals surface area (Å²) in [4.78, 5) is 23.4. The maximum atomic E-state index is 12.9. The lowest BCUT2D eigenvalue weighted by Gasteiger charge is -2.11. The minimum Gasteiger partial charge on any atom is -0.322 e. The Balaban J connectivity index is 1.95. The molecule has 0 bridgehead atoms. The molecule has 0 saturated heterocycles. The van der Waals surface area contributed by atoms with E-state index < -0.39 is 22.6 Å². The summed E-state index contributed by atoms with van der Waals surface area (Å²) in [7, 11) is 1.57. The number of tetrazole rings is 1. The van der Waals surface area contributed by atoms with Gasteiger partial charge in [-0.3, -0.25) is 14.9 Å². The number of alkyl halides is 3. The molecule has 1 heterocycles. The minimum atomic E-state index is -4.58. The third-order valence-electron chi connectivity index (χ3n) is 3.65. The predicted octanol–water partition coefficient (Wildman–Crippen LogP) is 3.54. The van der Waals surface area contributed by atoms with E-state index in [-0.39, 0.29) is 21.8 Å². The SMILES string of the molecule is Cn1nnnc1Sc1ccc([N+](=O)[O-])cc1C(=O)Nc1cccc(C(F)(F)F)c1. The highest BCUT2D eigenvalue weighted by atomic mass is 32.2. The number of nitro groups is 1. The smallest absolute Gasteiger partial charge is 0.322 e. The fourth-order valence-electron chi connectivity index (χ4n) is 2.28. The van der Waals surface area contributed by atoms with Crippen molar-refractivity contribution >= 4 is 29.0 Å². The van der Waals surface area contributed by atoms with E-state index in [2.05, 4.69) is 20.8 Å². The second kappa shape index (κ2) is 7.87. The molecular formula is C16H11F3N6O3S. The number of hydrogen-bond donors (Lipinski definition) is 1. The van der Waals surface area contributed by atoms with Crippen molar-refractivity contribution in [2.24, 2.45) is 7.05 Å². The van der Waals surface area contributed by atoms with Gasteiger partial charge in [0.25, 0.3) is 11.6 Å². The molecule has 0 spiro atoms. The number of aryl methyl sites for hydroxylation is 1. The van der Waals surface area contributed by atoms with Crippen LogP contribution in [-0.2, 0) is 13.2 Å². The average molecular weight is 424 g/mol. The van der Waals surface area contributed by atoms with Crippen LogP contribution < -0.4 is 5.32 Å². The number of rotatable bonds is 5. The Bertz CT molecular complexity index is 1090. The Morgan fingerprint density at radius 2 is 2.00 bits per heavy atom. The van der Waals surface area contributed by atoms with E-state index in [9.17, 15) is 28.1 Å². The summed E-state index contributed by atoms with van der Waals surface area (Å²) in [6.07, 6.45) is -4.58. The van der Waals surface area contributed by atoms with Gasteiger partial charge in [-0.05, 0) is 46.5 Å². The number of benzene rings is 2. The predicted molar refractivity (Wildman–Crippen MR) is 95.4 cm³/mol. The highest BCUT2D eigenvalue weighted by Gasteiger charge is 2.30. The first-order chi connectivity index (χ1) is 13.6. The number of anilines is 1. The molecule has 0 aliphatic rings. The van der Waals surface area contributed by atoms with Gasteiger partial charge in [0.05, 0.1) is 16.1 Å². The highest BCUT2D eigenvalue weighted by Crippen LogP contribution is 2.33. The van der Waals surface area contributed by atoms with Crippen LogP contribution in [0.2, 0.25) is 0 Å². The molecule has 0 aliphatic heterocycles. The van der Waals surface area contributed by atoms with Crippen molar-refractivity contribution in [2.75, 3.05) is 5.32 Å². The Kier molecular flexibility index (Phi) is 5.50. The van der Waals surface area contributed by atoms with Crippen LogP contribution in [0, 0.1) is 10.1 Å². The van der Waals surface area contributed by atoms with Gasteiger partial charge in [-0.25, -0.2) is 4.68 Å². The molecule has 150 valence electrons. The molecule has 0 unspecified atom stereocenters. The summed E-state index contributed by atoms with van der Waals surface area (Å²) >= 11 is 0.978. The molecule has 3 aromatic rings. The second-order valence-corrected chi connectivity index (χ2v) is 6.67. The number of non-ortho nitro benzene ring substituents is 1. The van der Waals surface area contributed by atoms with Crippen LogP contribution in [0.4, 0.5) is 24.5 Å².